The number of hydrogen-bond acceptors (Lipinski definition) is 4. The molecule has 2 aromatic carbocycles. The van der Waals surface area contributed by atoms with Crippen LogP contribution in [0.25, 0.3) is 16.2 Å². The normalized spacial score (nSPS) is 10.8. The van der Waals surface area contributed by atoms with E-state index in [-0.39, 0.29) is 5.91 Å². The van der Waals surface area contributed by atoms with Crippen molar-refractivity contribution in [3.05, 3.63) is 77.4 Å². The molecule has 0 bridgehead atoms. The molecule has 0 aliphatic heterocycles. The number of nitrogens with one attached hydrogen (secondary N) is 2. The summed E-state index contributed by atoms with van der Waals surface area (Å²) in [5.74, 6) is -0.168. The molecule has 2 aromatic heterocycles. The van der Waals surface area contributed by atoms with Crippen LogP contribution in [0.4, 0.5) is 5.69 Å². The van der Waals surface area contributed by atoms with Crippen molar-refractivity contribution in [1.29, 1.82) is 0 Å². The van der Waals surface area contributed by atoms with Crippen LogP contribution >= 0.6 is 11.3 Å². The Hall–Kier alpha value is -3.12. The van der Waals surface area contributed by atoms with Gasteiger partial charge in [0.25, 0.3) is 5.91 Å². The SMILES string of the molecule is Cc1c(C(=O)NNc2ccccc2)sc2nc(-c3ccccc3)cn12. The number of aromatic nitrogens is 2. The maximum absolute atomic E-state index is 12.5. The van der Waals surface area contributed by atoms with Gasteiger partial charge in [-0.1, -0.05) is 59.9 Å². The van der Waals surface area contributed by atoms with Crippen molar-refractivity contribution in [3.8, 4) is 11.3 Å². The Labute approximate surface area is 148 Å². The van der Waals surface area contributed by atoms with Gasteiger partial charge >= 0.3 is 0 Å². The van der Waals surface area contributed by atoms with Crippen LogP contribution in [0.1, 0.15) is 15.4 Å². The van der Waals surface area contributed by atoms with Gasteiger partial charge in [-0.15, -0.1) is 0 Å². The van der Waals surface area contributed by atoms with Gasteiger partial charge in [-0.05, 0) is 19.1 Å². The Kier molecular flexibility index (Phi) is 3.95. The molecule has 0 saturated heterocycles. The zero-order valence-electron chi connectivity index (χ0n) is 13.6. The quantitative estimate of drug-likeness (QED) is 0.545. The molecule has 0 atom stereocenters. The smallest absolute Gasteiger partial charge is 0.281 e. The minimum Gasteiger partial charge on any atom is -0.298 e. The minimum absolute atomic E-state index is 0.168. The van der Waals surface area contributed by atoms with Crippen LogP contribution < -0.4 is 10.9 Å². The lowest BCUT2D eigenvalue weighted by Gasteiger charge is -2.07. The average molecular weight is 348 g/mol. The van der Waals surface area contributed by atoms with E-state index in [1.807, 2.05) is 78.2 Å². The topological polar surface area (TPSA) is 58.4 Å². The molecule has 6 heteroatoms. The molecule has 124 valence electrons. The van der Waals surface area contributed by atoms with Crippen molar-refractivity contribution in [2.45, 2.75) is 6.92 Å². The standard InChI is InChI=1S/C19H16N4OS/c1-13-17(18(24)22-21-15-10-6-3-7-11-15)25-19-20-16(12-23(13)19)14-8-4-2-5-9-14/h2-12,21H,1H3,(H,22,24). The van der Waals surface area contributed by atoms with Crippen molar-refractivity contribution in [1.82, 2.24) is 14.8 Å². The predicted molar refractivity (Wildman–Crippen MR) is 101 cm³/mol. The predicted octanol–water partition coefficient (Wildman–Crippen LogP) is 4.13. The first kappa shape index (κ1) is 15.4. The van der Waals surface area contributed by atoms with Crippen LogP contribution in [0.2, 0.25) is 0 Å². The van der Waals surface area contributed by atoms with E-state index in [4.69, 9.17) is 0 Å². The molecule has 5 nitrogen and oxygen atoms in total. The van der Waals surface area contributed by atoms with Crippen LogP contribution in [0.5, 0.6) is 0 Å². The lowest BCUT2D eigenvalue weighted by atomic mass is 10.2. The number of carbonyl (C=O) groups excluding carboxylic acids is 1. The van der Waals surface area contributed by atoms with E-state index in [9.17, 15) is 4.79 Å². The lowest BCUT2D eigenvalue weighted by Crippen LogP contribution is -2.29. The fourth-order valence-electron chi connectivity index (χ4n) is 2.62. The molecule has 25 heavy (non-hydrogen) atoms. The van der Waals surface area contributed by atoms with Gasteiger partial charge in [0, 0.05) is 17.5 Å². The molecule has 2 heterocycles. The molecule has 0 saturated carbocycles. The van der Waals surface area contributed by atoms with Gasteiger partial charge < -0.3 is 0 Å². The molecule has 2 N–H and O–H groups in total. The second-order valence-electron chi connectivity index (χ2n) is 5.61. The number of benzene rings is 2. The molecule has 0 aliphatic carbocycles. The van der Waals surface area contributed by atoms with Gasteiger partial charge in [-0.3, -0.25) is 20.0 Å². The van der Waals surface area contributed by atoms with Gasteiger partial charge in [0.15, 0.2) is 4.96 Å². The van der Waals surface area contributed by atoms with E-state index >= 15 is 0 Å². The van der Waals surface area contributed by atoms with Gasteiger partial charge in [-0.25, -0.2) is 4.98 Å². The maximum atomic E-state index is 12.5. The molecule has 0 fully saturated rings. The lowest BCUT2D eigenvalue weighted by molar-refractivity contribution is 0.0966. The van der Waals surface area contributed by atoms with E-state index in [2.05, 4.69) is 15.8 Å². The van der Waals surface area contributed by atoms with E-state index in [0.717, 1.165) is 27.6 Å². The number of para-hydroxylation sites is 1. The maximum Gasteiger partial charge on any atom is 0.281 e. The zero-order valence-corrected chi connectivity index (χ0v) is 14.4. The first-order chi connectivity index (χ1) is 12.2. The number of rotatable bonds is 4. The molecule has 4 rings (SSSR count). The van der Waals surface area contributed by atoms with E-state index in [0.29, 0.717) is 4.88 Å². The summed E-state index contributed by atoms with van der Waals surface area (Å²) in [5, 5.41) is 0. The summed E-state index contributed by atoms with van der Waals surface area (Å²) in [5.41, 5.74) is 9.34. The Morgan fingerprint density at radius 2 is 1.72 bits per heavy atom. The van der Waals surface area contributed by atoms with Crippen molar-refractivity contribution in [2.75, 3.05) is 5.43 Å². The number of aryl methyl sites for hydroxylation is 1. The number of fused-ring (bicyclic) bond motifs is 1. The molecular weight excluding hydrogens is 332 g/mol. The molecule has 0 unspecified atom stereocenters. The second kappa shape index (κ2) is 6.41. The Morgan fingerprint density at radius 1 is 1.04 bits per heavy atom. The Bertz CT molecular complexity index is 1020. The zero-order chi connectivity index (χ0) is 17.2. The molecule has 4 aromatic rings. The number of thiazole rings is 1. The summed E-state index contributed by atoms with van der Waals surface area (Å²) in [4.78, 5) is 18.6. The van der Waals surface area contributed by atoms with Crippen LogP contribution in [0, 0.1) is 6.92 Å². The van der Waals surface area contributed by atoms with Crippen LogP contribution in [-0.4, -0.2) is 15.3 Å². The third kappa shape index (κ3) is 2.99. The highest BCUT2D eigenvalue weighted by Gasteiger charge is 2.17. The van der Waals surface area contributed by atoms with Gasteiger partial charge in [-0.2, -0.15) is 0 Å². The number of amides is 1. The monoisotopic (exact) mass is 348 g/mol. The first-order valence-corrected chi connectivity index (χ1v) is 8.69. The number of nitrogens with zero attached hydrogens (tertiary/aromatic N) is 2. The molecular formula is C19H16N4OS. The summed E-state index contributed by atoms with van der Waals surface area (Å²) in [7, 11) is 0. The van der Waals surface area contributed by atoms with Crippen LogP contribution in [-0.2, 0) is 0 Å². The highest BCUT2D eigenvalue weighted by molar-refractivity contribution is 7.19. The molecule has 0 spiro atoms. The van der Waals surface area contributed by atoms with E-state index in [1.54, 1.807) is 0 Å². The van der Waals surface area contributed by atoms with Gasteiger partial charge in [0.2, 0.25) is 0 Å². The largest absolute Gasteiger partial charge is 0.298 e. The summed E-state index contributed by atoms with van der Waals surface area (Å²) in [6, 6.07) is 19.5. The fourth-order valence-corrected chi connectivity index (χ4v) is 3.62. The van der Waals surface area contributed by atoms with E-state index in [1.165, 1.54) is 11.3 Å². The molecule has 0 radical (unpaired) electrons. The highest BCUT2D eigenvalue weighted by Crippen LogP contribution is 2.27. The summed E-state index contributed by atoms with van der Waals surface area (Å²) >= 11 is 1.38. The van der Waals surface area contributed by atoms with Gasteiger partial charge in [0.05, 0.1) is 11.4 Å². The van der Waals surface area contributed by atoms with Crippen molar-refractivity contribution in [3.63, 3.8) is 0 Å². The molecule has 0 aliphatic rings. The van der Waals surface area contributed by atoms with E-state index < -0.39 is 0 Å². The summed E-state index contributed by atoms with van der Waals surface area (Å²) in [6.07, 6.45) is 1.97. The number of anilines is 1. The van der Waals surface area contributed by atoms with Crippen LogP contribution in [0.15, 0.2) is 66.9 Å². The van der Waals surface area contributed by atoms with Crippen molar-refractivity contribution in [2.24, 2.45) is 0 Å². The third-order valence-corrected chi connectivity index (χ3v) is 5.08. The molecule has 1 amide bonds. The van der Waals surface area contributed by atoms with Crippen LogP contribution in [0.3, 0.4) is 0 Å². The summed E-state index contributed by atoms with van der Waals surface area (Å²) in [6.45, 7) is 1.93. The number of hydrogen-bond donors (Lipinski definition) is 2. The number of carbonyl (C=O) groups is 1. The first-order valence-electron chi connectivity index (χ1n) is 7.88. The summed E-state index contributed by atoms with van der Waals surface area (Å²) < 4.78 is 1.96. The van der Waals surface area contributed by atoms with Crippen molar-refractivity contribution < 1.29 is 4.79 Å². The Balaban J connectivity index is 1.57. The average Bonchev–Trinajstić information content (AvgIpc) is 3.21. The van der Waals surface area contributed by atoms with Crippen molar-refractivity contribution >= 4 is 27.9 Å². The third-order valence-electron chi connectivity index (χ3n) is 3.93. The number of hydrazine groups is 1. The second-order valence-corrected chi connectivity index (χ2v) is 6.58. The fraction of sp³-hybridized carbons (Fsp3) is 0.0526. The highest BCUT2D eigenvalue weighted by atomic mass is 32.1. The Morgan fingerprint density at radius 3 is 2.40 bits per heavy atom. The van der Waals surface area contributed by atoms with Gasteiger partial charge in [0.1, 0.15) is 4.88 Å². The minimum atomic E-state index is -0.168. The number of imidazole rings is 1.